The summed E-state index contributed by atoms with van der Waals surface area (Å²) in [5.41, 5.74) is -0.0510. The van der Waals surface area contributed by atoms with Gasteiger partial charge in [-0.15, -0.1) is 0 Å². The van der Waals surface area contributed by atoms with Crippen LogP contribution in [0.2, 0.25) is 0 Å². The van der Waals surface area contributed by atoms with Gasteiger partial charge in [0.1, 0.15) is 11.4 Å². The molecule has 0 bridgehead atoms. The lowest BCUT2D eigenvalue weighted by atomic mass is 9.94. The summed E-state index contributed by atoms with van der Waals surface area (Å²) in [4.78, 5) is 0. The fourth-order valence-electron chi connectivity index (χ4n) is 2.65. The minimum atomic E-state index is -0.633. The van der Waals surface area contributed by atoms with Crippen molar-refractivity contribution in [2.45, 2.75) is 44.2 Å². The van der Waals surface area contributed by atoms with Crippen molar-refractivity contribution in [3.8, 4) is 0 Å². The Bertz CT molecular complexity index is 439. The first-order chi connectivity index (χ1) is 9.22. The van der Waals surface area contributed by atoms with Gasteiger partial charge >= 0.3 is 0 Å². The van der Waals surface area contributed by atoms with Crippen LogP contribution in [0, 0.1) is 5.82 Å². The maximum Gasteiger partial charge on any atom is 0.158 e. The van der Waals surface area contributed by atoms with E-state index in [2.05, 4.69) is 0 Å². The van der Waals surface area contributed by atoms with Crippen molar-refractivity contribution >= 4 is 0 Å². The molecule has 104 valence electrons. The Morgan fingerprint density at radius 1 is 1.37 bits per heavy atom. The van der Waals surface area contributed by atoms with Crippen LogP contribution in [-0.4, -0.2) is 25.6 Å². The smallest absolute Gasteiger partial charge is 0.158 e. The summed E-state index contributed by atoms with van der Waals surface area (Å²) in [6.07, 6.45) is 2.70. The summed E-state index contributed by atoms with van der Waals surface area (Å²) < 4.78 is 30.9. The molecule has 0 amide bonds. The molecule has 2 aliphatic rings. The molecule has 2 saturated heterocycles. The molecule has 19 heavy (non-hydrogen) atoms. The van der Waals surface area contributed by atoms with Gasteiger partial charge in [-0.1, -0.05) is 18.2 Å². The van der Waals surface area contributed by atoms with E-state index in [-0.39, 0.29) is 18.2 Å². The van der Waals surface area contributed by atoms with Crippen LogP contribution >= 0.6 is 0 Å². The van der Waals surface area contributed by atoms with Gasteiger partial charge in [0.05, 0.1) is 12.7 Å². The van der Waals surface area contributed by atoms with E-state index in [1.165, 1.54) is 6.07 Å². The third-order valence-electron chi connectivity index (χ3n) is 3.94. The minimum Gasteiger partial charge on any atom is -0.362 e. The lowest BCUT2D eigenvalue weighted by molar-refractivity contribution is -0.197. The number of rotatable bonds is 4. The van der Waals surface area contributed by atoms with E-state index in [1.54, 1.807) is 12.1 Å². The maximum absolute atomic E-state index is 13.9. The predicted molar refractivity (Wildman–Crippen MR) is 68.2 cm³/mol. The third kappa shape index (κ3) is 2.53. The van der Waals surface area contributed by atoms with Crippen LogP contribution in [0.3, 0.4) is 0 Å². The van der Waals surface area contributed by atoms with Crippen LogP contribution in [0.15, 0.2) is 24.3 Å². The van der Waals surface area contributed by atoms with Crippen molar-refractivity contribution in [1.29, 1.82) is 0 Å². The van der Waals surface area contributed by atoms with Crippen molar-refractivity contribution < 1.29 is 18.6 Å². The first-order valence-corrected chi connectivity index (χ1v) is 6.88. The highest BCUT2D eigenvalue weighted by molar-refractivity contribution is 5.30. The Kier molecular flexibility index (Phi) is 3.56. The summed E-state index contributed by atoms with van der Waals surface area (Å²) in [5, 5.41) is 0. The van der Waals surface area contributed by atoms with Gasteiger partial charge in [0.15, 0.2) is 6.29 Å². The summed E-state index contributed by atoms with van der Waals surface area (Å²) in [6, 6.07) is 6.74. The summed E-state index contributed by atoms with van der Waals surface area (Å²) in [6.45, 7) is 3.17. The molecule has 0 radical (unpaired) electrons. The average molecular weight is 266 g/mol. The number of epoxide rings is 1. The second kappa shape index (κ2) is 5.19. The summed E-state index contributed by atoms with van der Waals surface area (Å²) in [5.74, 6) is -0.236. The van der Waals surface area contributed by atoms with E-state index in [1.807, 2.05) is 13.0 Å². The predicted octanol–water partition coefficient (Wildman–Crippen LogP) is 2.98. The molecule has 3 nitrogen and oxygen atoms in total. The number of halogens is 1. The molecule has 2 heterocycles. The molecule has 2 fully saturated rings. The number of hydrogen-bond acceptors (Lipinski definition) is 3. The molecular weight excluding hydrogens is 247 g/mol. The van der Waals surface area contributed by atoms with Gasteiger partial charge < -0.3 is 14.2 Å². The topological polar surface area (TPSA) is 31.0 Å². The van der Waals surface area contributed by atoms with E-state index in [9.17, 15) is 4.39 Å². The lowest BCUT2D eigenvalue weighted by Crippen LogP contribution is -2.35. The van der Waals surface area contributed by atoms with Gasteiger partial charge in [0, 0.05) is 12.2 Å². The standard InChI is InChI=1S/C15H19FO3/c1-11(19-14-8-4-5-9-17-14)15(10-18-15)12-6-2-3-7-13(12)16/h2-3,6-7,11,14H,4-5,8-10H2,1H3/t11-,14?,15-/m1/s1. The third-order valence-corrected chi connectivity index (χ3v) is 3.94. The monoisotopic (exact) mass is 266 g/mol. The molecule has 4 heteroatoms. The quantitative estimate of drug-likeness (QED) is 0.785. The first-order valence-electron chi connectivity index (χ1n) is 6.88. The van der Waals surface area contributed by atoms with Crippen LogP contribution in [0.4, 0.5) is 4.39 Å². The van der Waals surface area contributed by atoms with Gasteiger partial charge in [-0.25, -0.2) is 4.39 Å². The molecule has 0 aromatic heterocycles. The zero-order valence-electron chi connectivity index (χ0n) is 11.1. The molecule has 0 saturated carbocycles. The fourth-order valence-corrected chi connectivity index (χ4v) is 2.65. The second-order valence-corrected chi connectivity index (χ2v) is 5.23. The van der Waals surface area contributed by atoms with Crippen molar-refractivity contribution in [2.24, 2.45) is 0 Å². The zero-order valence-corrected chi connectivity index (χ0v) is 11.1. The maximum atomic E-state index is 13.9. The Morgan fingerprint density at radius 2 is 2.16 bits per heavy atom. The minimum absolute atomic E-state index is 0.184. The zero-order chi connectivity index (χ0) is 13.3. The van der Waals surface area contributed by atoms with Gasteiger partial charge in [0.2, 0.25) is 0 Å². The van der Waals surface area contributed by atoms with Crippen LogP contribution in [-0.2, 0) is 19.8 Å². The highest BCUT2D eigenvalue weighted by atomic mass is 19.1. The number of ether oxygens (including phenoxy) is 3. The molecule has 3 rings (SSSR count). The average Bonchev–Trinajstić information content (AvgIpc) is 3.22. The second-order valence-electron chi connectivity index (χ2n) is 5.23. The van der Waals surface area contributed by atoms with Gasteiger partial charge in [0.25, 0.3) is 0 Å². The van der Waals surface area contributed by atoms with Gasteiger partial charge in [-0.3, -0.25) is 0 Å². The van der Waals surface area contributed by atoms with Gasteiger partial charge in [-0.2, -0.15) is 0 Å². The molecule has 0 spiro atoms. The highest BCUT2D eigenvalue weighted by Gasteiger charge is 2.54. The molecule has 1 unspecified atom stereocenters. The Morgan fingerprint density at radius 3 is 2.79 bits per heavy atom. The molecule has 0 aliphatic carbocycles. The van der Waals surface area contributed by atoms with Gasteiger partial charge in [-0.05, 0) is 32.3 Å². The van der Waals surface area contributed by atoms with Crippen molar-refractivity contribution in [3.05, 3.63) is 35.6 Å². The van der Waals surface area contributed by atoms with Crippen LogP contribution in [0.25, 0.3) is 0 Å². The Balaban J connectivity index is 1.72. The van der Waals surface area contributed by atoms with E-state index < -0.39 is 5.60 Å². The summed E-state index contributed by atoms with van der Waals surface area (Å²) in [7, 11) is 0. The largest absolute Gasteiger partial charge is 0.362 e. The number of benzene rings is 1. The molecular formula is C15H19FO3. The molecule has 2 aliphatic heterocycles. The molecule has 3 atom stereocenters. The van der Waals surface area contributed by atoms with Crippen LogP contribution in [0.5, 0.6) is 0 Å². The normalized spacial score (nSPS) is 32.0. The molecule has 1 aromatic rings. The van der Waals surface area contributed by atoms with Crippen LogP contribution in [0.1, 0.15) is 31.7 Å². The highest BCUT2D eigenvalue weighted by Crippen LogP contribution is 2.44. The van der Waals surface area contributed by atoms with Crippen molar-refractivity contribution in [1.82, 2.24) is 0 Å². The number of hydrogen-bond donors (Lipinski definition) is 0. The van der Waals surface area contributed by atoms with Crippen molar-refractivity contribution in [3.63, 3.8) is 0 Å². The SMILES string of the molecule is C[C@@H](OC1CCCCO1)[C@@]1(c2ccccc2F)CO1. The van der Waals surface area contributed by atoms with E-state index in [4.69, 9.17) is 14.2 Å². The van der Waals surface area contributed by atoms with Crippen LogP contribution < -0.4 is 0 Å². The van der Waals surface area contributed by atoms with E-state index in [0.29, 0.717) is 12.2 Å². The van der Waals surface area contributed by atoms with Crippen molar-refractivity contribution in [2.75, 3.05) is 13.2 Å². The molecule has 0 N–H and O–H groups in total. The fraction of sp³-hybridized carbons (Fsp3) is 0.600. The lowest BCUT2D eigenvalue weighted by Gasteiger charge is -2.29. The van der Waals surface area contributed by atoms with E-state index >= 15 is 0 Å². The molecule has 1 aromatic carbocycles. The Labute approximate surface area is 112 Å². The Hall–Kier alpha value is -0.970. The summed E-state index contributed by atoms with van der Waals surface area (Å²) >= 11 is 0. The first kappa shape index (κ1) is 13.0. The van der Waals surface area contributed by atoms with E-state index in [0.717, 1.165) is 25.9 Å².